The van der Waals surface area contributed by atoms with Crippen molar-refractivity contribution in [3.8, 4) is 5.75 Å². The number of nitrogens with zero attached hydrogens (tertiary/aromatic N) is 1. The third-order valence-corrected chi connectivity index (χ3v) is 8.86. The highest BCUT2D eigenvalue weighted by atomic mass is 35.5. The van der Waals surface area contributed by atoms with Crippen molar-refractivity contribution in [3.05, 3.63) is 136 Å². The molecule has 0 unspecified atom stereocenters. The van der Waals surface area contributed by atoms with Gasteiger partial charge in [-0.2, -0.15) is 0 Å². The number of ether oxygens (including phenoxy) is 1. The summed E-state index contributed by atoms with van der Waals surface area (Å²) in [5.74, 6) is -1.81. The largest absolute Gasteiger partial charge is 0.427 e. The summed E-state index contributed by atoms with van der Waals surface area (Å²) in [7, 11) is 0. The average Bonchev–Trinajstić information content (AvgIpc) is 3.43. The number of rotatable bonds is 4. The van der Waals surface area contributed by atoms with E-state index in [9.17, 15) is 19.2 Å². The van der Waals surface area contributed by atoms with Crippen molar-refractivity contribution in [2.45, 2.75) is 24.9 Å². The summed E-state index contributed by atoms with van der Waals surface area (Å²) in [6, 6.07) is 26.3. The fourth-order valence-corrected chi connectivity index (χ4v) is 7.11. The zero-order valence-electron chi connectivity index (χ0n) is 22.5. The highest BCUT2D eigenvalue weighted by molar-refractivity contribution is 6.32. The molecule has 0 bridgehead atoms. The number of esters is 1. The van der Waals surface area contributed by atoms with Crippen LogP contribution in [-0.4, -0.2) is 35.4 Å². The van der Waals surface area contributed by atoms with E-state index in [1.54, 1.807) is 72.8 Å². The summed E-state index contributed by atoms with van der Waals surface area (Å²) in [5, 5.41) is 0.505. The van der Waals surface area contributed by atoms with E-state index in [0.29, 0.717) is 33.0 Å². The van der Waals surface area contributed by atoms with E-state index in [2.05, 4.69) is 0 Å². The van der Waals surface area contributed by atoms with Gasteiger partial charge in [0.25, 0.3) is 0 Å². The maximum Gasteiger partial charge on any atom is 0.308 e. The lowest BCUT2D eigenvalue weighted by Crippen LogP contribution is -2.48. The predicted molar refractivity (Wildman–Crippen MR) is 159 cm³/mol. The minimum atomic E-state index is -1.58. The lowest BCUT2D eigenvalue weighted by molar-refractivity contribution is -0.131. The Morgan fingerprint density at radius 3 is 2.07 bits per heavy atom. The smallest absolute Gasteiger partial charge is 0.308 e. The number of anilines is 1. The molecular weight excluding hydrogens is 550 g/mol. The van der Waals surface area contributed by atoms with Gasteiger partial charge in [0, 0.05) is 40.2 Å². The number of fused-ring (bicyclic) bond motifs is 5. The highest BCUT2D eigenvalue weighted by Gasteiger charge is 2.71. The summed E-state index contributed by atoms with van der Waals surface area (Å²) in [6.07, 6.45) is 3.82. The normalized spacial score (nSPS) is 21.2. The standard InChI is InChI=1S/C35H24ClNO5/c1-20(38)42-25-17-12-23(13-18-25)32(39)31-30(22-10-15-24(36)16-11-22)35(33(40)26-7-3-4-8-27(26)34(35)41)29-19-14-21-6-2-5-9-28(21)37(29)31/h2-19,29-31H,1H3/t29-,30+,31-/m0/s1. The second kappa shape index (κ2) is 9.64. The molecule has 2 aliphatic heterocycles. The lowest BCUT2D eigenvalue weighted by atomic mass is 9.64. The van der Waals surface area contributed by atoms with Crippen LogP contribution in [0.25, 0.3) is 6.08 Å². The Kier molecular flexibility index (Phi) is 5.99. The molecule has 1 saturated heterocycles. The number of hydrogen-bond donors (Lipinski definition) is 0. The van der Waals surface area contributed by atoms with Crippen molar-refractivity contribution in [2.75, 3.05) is 4.90 Å². The van der Waals surface area contributed by atoms with Crippen molar-refractivity contribution in [2.24, 2.45) is 5.41 Å². The van der Waals surface area contributed by atoms with Crippen molar-refractivity contribution in [1.82, 2.24) is 0 Å². The molecule has 7 heteroatoms. The van der Waals surface area contributed by atoms with E-state index < -0.39 is 29.4 Å². The molecule has 0 saturated carbocycles. The van der Waals surface area contributed by atoms with Gasteiger partial charge in [0.1, 0.15) is 17.2 Å². The van der Waals surface area contributed by atoms with Gasteiger partial charge < -0.3 is 9.64 Å². The van der Waals surface area contributed by atoms with Gasteiger partial charge >= 0.3 is 5.97 Å². The molecule has 0 radical (unpaired) electrons. The number of benzene rings is 4. The molecule has 0 N–H and O–H groups in total. The summed E-state index contributed by atoms with van der Waals surface area (Å²) in [4.78, 5) is 57.4. The molecular formula is C35H24ClNO5. The van der Waals surface area contributed by atoms with Gasteiger partial charge in [-0.3, -0.25) is 19.2 Å². The van der Waals surface area contributed by atoms with Gasteiger partial charge in [-0.1, -0.05) is 78.4 Å². The lowest BCUT2D eigenvalue weighted by Gasteiger charge is -2.37. The maximum absolute atomic E-state index is 14.7. The van der Waals surface area contributed by atoms with Crippen LogP contribution in [0.3, 0.4) is 0 Å². The zero-order chi connectivity index (χ0) is 29.2. The first kappa shape index (κ1) is 26.1. The Labute approximate surface area is 247 Å². The Morgan fingerprint density at radius 2 is 1.43 bits per heavy atom. The SMILES string of the molecule is CC(=O)Oc1ccc(C(=O)[C@@H]2[C@@H](c3ccc(Cl)cc3)C3(C(=O)c4ccccc4C3=O)[C@@H]3C=Cc4ccccc4N23)cc1. The molecule has 42 heavy (non-hydrogen) atoms. The first-order valence-corrected chi connectivity index (χ1v) is 14.0. The zero-order valence-corrected chi connectivity index (χ0v) is 23.2. The molecule has 4 aromatic rings. The van der Waals surface area contributed by atoms with Gasteiger partial charge in [-0.15, -0.1) is 0 Å². The van der Waals surface area contributed by atoms with Crippen molar-refractivity contribution < 1.29 is 23.9 Å². The minimum Gasteiger partial charge on any atom is -0.427 e. The van der Waals surface area contributed by atoms with E-state index in [4.69, 9.17) is 16.3 Å². The Bertz CT molecular complexity index is 1790. The maximum atomic E-state index is 14.7. The Hall–Kier alpha value is -4.81. The van der Waals surface area contributed by atoms with Crippen molar-refractivity contribution >= 4 is 46.7 Å². The van der Waals surface area contributed by atoms with Crippen LogP contribution in [0.5, 0.6) is 5.75 Å². The Balaban J connectivity index is 1.48. The predicted octanol–water partition coefficient (Wildman–Crippen LogP) is 6.58. The molecule has 1 spiro atoms. The van der Waals surface area contributed by atoms with E-state index in [-0.39, 0.29) is 17.3 Å². The number of carbonyl (C=O) groups is 4. The third-order valence-electron chi connectivity index (χ3n) is 8.61. The first-order chi connectivity index (χ1) is 20.3. The van der Waals surface area contributed by atoms with Crippen LogP contribution in [0.15, 0.2) is 103 Å². The minimum absolute atomic E-state index is 0.257. The fraction of sp³-hybridized carbons (Fsp3) is 0.143. The molecule has 0 aromatic heterocycles. The number of para-hydroxylation sites is 1. The number of halogens is 1. The van der Waals surface area contributed by atoms with Gasteiger partial charge in [0.05, 0.1) is 6.04 Å². The molecule has 2 heterocycles. The summed E-state index contributed by atoms with van der Waals surface area (Å²) in [5.41, 5.74) is 1.85. The molecule has 7 rings (SSSR count). The van der Waals surface area contributed by atoms with E-state index in [0.717, 1.165) is 11.3 Å². The third kappa shape index (κ3) is 3.65. The first-order valence-electron chi connectivity index (χ1n) is 13.6. The van der Waals surface area contributed by atoms with Crippen molar-refractivity contribution in [1.29, 1.82) is 0 Å². The van der Waals surface area contributed by atoms with E-state index in [1.807, 2.05) is 41.3 Å². The summed E-state index contributed by atoms with van der Waals surface area (Å²) >= 11 is 6.28. The van der Waals surface area contributed by atoms with Gasteiger partial charge in [0.2, 0.25) is 0 Å². The molecule has 1 aliphatic carbocycles. The van der Waals surface area contributed by atoms with Crippen LogP contribution in [0.2, 0.25) is 5.02 Å². The van der Waals surface area contributed by atoms with E-state index >= 15 is 0 Å². The van der Waals surface area contributed by atoms with E-state index in [1.165, 1.54) is 6.92 Å². The average molecular weight is 574 g/mol. The van der Waals surface area contributed by atoms with Crippen LogP contribution in [0, 0.1) is 5.41 Å². The summed E-state index contributed by atoms with van der Waals surface area (Å²) in [6.45, 7) is 1.31. The molecule has 206 valence electrons. The molecule has 6 nitrogen and oxygen atoms in total. The number of ketones is 3. The van der Waals surface area contributed by atoms with Crippen molar-refractivity contribution in [3.63, 3.8) is 0 Å². The van der Waals surface area contributed by atoms with Crippen LogP contribution in [-0.2, 0) is 4.79 Å². The van der Waals surface area contributed by atoms with Crippen LogP contribution in [0.1, 0.15) is 55.0 Å². The molecule has 1 fully saturated rings. The highest BCUT2D eigenvalue weighted by Crippen LogP contribution is 2.61. The monoisotopic (exact) mass is 573 g/mol. The Morgan fingerprint density at radius 1 is 0.810 bits per heavy atom. The second-order valence-corrected chi connectivity index (χ2v) is 11.2. The quantitative estimate of drug-likeness (QED) is 0.119. The van der Waals surface area contributed by atoms with Crippen LogP contribution < -0.4 is 9.64 Å². The fourth-order valence-electron chi connectivity index (χ4n) is 6.98. The molecule has 3 atom stereocenters. The van der Waals surface area contributed by atoms with Gasteiger partial charge in [-0.25, -0.2) is 0 Å². The van der Waals surface area contributed by atoms with Crippen LogP contribution in [0.4, 0.5) is 5.69 Å². The van der Waals surface area contributed by atoms with Crippen LogP contribution >= 0.6 is 11.6 Å². The molecule has 3 aliphatic rings. The van der Waals surface area contributed by atoms with Gasteiger partial charge in [-0.05, 0) is 53.6 Å². The molecule has 4 aromatic carbocycles. The number of carbonyl (C=O) groups excluding carboxylic acids is 4. The second-order valence-electron chi connectivity index (χ2n) is 10.8. The molecule has 0 amide bonds. The van der Waals surface area contributed by atoms with Gasteiger partial charge in [0.15, 0.2) is 17.3 Å². The number of hydrogen-bond acceptors (Lipinski definition) is 6. The number of Topliss-reactive ketones (excluding diaryl/α,β-unsaturated/α-hetero) is 3. The summed E-state index contributed by atoms with van der Waals surface area (Å²) < 4.78 is 5.18. The topological polar surface area (TPSA) is 80.8 Å².